The molecule has 2 N–H and O–H groups in total. The van der Waals surface area contributed by atoms with Crippen LogP contribution in [0.2, 0.25) is 5.02 Å². The first-order valence-electron chi connectivity index (χ1n) is 7.51. The molecule has 2 rings (SSSR count). The van der Waals surface area contributed by atoms with Crippen LogP contribution in [0.3, 0.4) is 0 Å². The number of carbonyl (C=O) groups excluding carboxylic acids is 2. The minimum Gasteiger partial charge on any atom is -0.484 e. The first-order chi connectivity index (χ1) is 10.5. The van der Waals surface area contributed by atoms with E-state index in [1.807, 2.05) is 6.92 Å². The zero-order valence-corrected chi connectivity index (χ0v) is 13.4. The number of carbonyl (C=O) groups is 2. The summed E-state index contributed by atoms with van der Waals surface area (Å²) in [4.78, 5) is 23.3. The van der Waals surface area contributed by atoms with Gasteiger partial charge in [0.25, 0.3) is 5.91 Å². The molecule has 5 nitrogen and oxygen atoms in total. The van der Waals surface area contributed by atoms with E-state index in [0.717, 1.165) is 18.4 Å². The van der Waals surface area contributed by atoms with Crippen LogP contribution in [0.4, 0.5) is 0 Å². The summed E-state index contributed by atoms with van der Waals surface area (Å²) >= 11 is 5.92. The van der Waals surface area contributed by atoms with Crippen LogP contribution in [0, 0.1) is 12.8 Å². The van der Waals surface area contributed by atoms with Gasteiger partial charge in [-0.25, -0.2) is 0 Å². The lowest BCUT2D eigenvalue weighted by Crippen LogP contribution is -2.44. The SMILES string of the molecule is Cc1cc(OCC(=O)NNC(=O)CC2CCCC2)ccc1Cl. The molecule has 0 unspecified atom stereocenters. The van der Waals surface area contributed by atoms with Gasteiger partial charge in [-0.05, 0) is 49.4 Å². The topological polar surface area (TPSA) is 67.4 Å². The molecule has 6 heteroatoms. The fraction of sp³-hybridized carbons (Fsp3) is 0.500. The zero-order valence-electron chi connectivity index (χ0n) is 12.7. The Kier molecular flexibility index (Phi) is 6.07. The van der Waals surface area contributed by atoms with Gasteiger partial charge in [0.05, 0.1) is 0 Å². The minimum atomic E-state index is -0.396. The first-order valence-corrected chi connectivity index (χ1v) is 7.89. The number of aryl methyl sites for hydroxylation is 1. The smallest absolute Gasteiger partial charge is 0.276 e. The number of amides is 2. The third kappa shape index (κ3) is 5.22. The molecule has 0 atom stereocenters. The van der Waals surface area contributed by atoms with Gasteiger partial charge in [-0.2, -0.15) is 0 Å². The molecule has 1 fully saturated rings. The highest BCUT2D eigenvalue weighted by Gasteiger charge is 2.18. The van der Waals surface area contributed by atoms with E-state index >= 15 is 0 Å². The first kappa shape index (κ1) is 16.6. The lowest BCUT2D eigenvalue weighted by Gasteiger charge is -2.11. The standard InChI is InChI=1S/C16H21ClN2O3/c1-11-8-13(6-7-14(11)17)22-10-16(21)19-18-15(20)9-12-4-2-3-5-12/h6-8,12H,2-5,9-10H2,1H3,(H,18,20)(H,19,21). The fourth-order valence-electron chi connectivity index (χ4n) is 2.56. The van der Waals surface area contributed by atoms with Crippen LogP contribution in [0.1, 0.15) is 37.7 Å². The molecule has 2 amide bonds. The Labute approximate surface area is 135 Å². The van der Waals surface area contributed by atoms with E-state index in [4.69, 9.17) is 16.3 Å². The van der Waals surface area contributed by atoms with Crippen molar-refractivity contribution < 1.29 is 14.3 Å². The normalized spacial score (nSPS) is 14.6. The summed E-state index contributed by atoms with van der Waals surface area (Å²) in [5.41, 5.74) is 5.67. The largest absolute Gasteiger partial charge is 0.484 e. The van der Waals surface area contributed by atoms with Crippen molar-refractivity contribution >= 4 is 23.4 Å². The second kappa shape index (κ2) is 8.03. The lowest BCUT2D eigenvalue weighted by atomic mass is 10.0. The van der Waals surface area contributed by atoms with Crippen molar-refractivity contribution in [2.24, 2.45) is 5.92 Å². The Morgan fingerprint density at radius 2 is 1.91 bits per heavy atom. The second-order valence-electron chi connectivity index (χ2n) is 5.65. The number of hydrogen-bond acceptors (Lipinski definition) is 3. The second-order valence-corrected chi connectivity index (χ2v) is 6.06. The van der Waals surface area contributed by atoms with E-state index in [1.165, 1.54) is 12.8 Å². The van der Waals surface area contributed by atoms with E-state index < -0.39 is 5.91 Å². The molecule has 22 heavy (non-hydrogen) atoms. The van der Waals surface area contributed by atoms with Gasteiger partial charge in [0, 0.05) is 11.4 Å². The maximum atomic E-state index is 11.7. The van der Waals surface area contributed by atoms with E-state index in [0.29, 0.717) is 23.1 Å². The highest BCUT2D eigenvalue weighted by atomic mass is 35.5. The summed E-state index contributed by atoms with van der Waals surface area (Å²) in [5, 5.41) is 0.649. The van der Waals surface area contributed by atoms with Crippen molar-refractivity contribution in [1.82, 2.24) is 10.9 Å². The third-order valence-electron chi connectivity index (χ3n) is 3.79. The van der Waals surface area contributed by atoms with Crippen LogP contribution in [0.15, 0.2) is 18.2 Å². The summed E-state index contributed by atoms with van der Waals surface area (Å²) in [5.74, 6) is 0.467. The average Bonchev–Trinajstić information content (AvgIpc) is 2.99. The molecule has 0 aliphatic heterocycles. The average molecular weight is 325 g/mol. The summed E-state index contributed by atoms with van der Waals surface area (Å²) < 4.78 is 5.35. The number of benzene rings is 1. The molecular formula is C16H21ClN2O3. The van der Waals surface area contributed by atoms with Gasteiger partial charge in [0.1, 0.15) is 5.75 Å². The molecule has 0 radical (unpaired) electrons. The molecule has 1 aromatic carbocycles. The minimum absolute atomic E-state index is 0.150. The maximum absolute atomic E-state index is 11.7. The highest BCUT2D eigenvalue weighted by molar-refractivity contribution is 6.31. The molecular weight excluding hydrogens is 304 g/mol. The van der Waals surface area contributed by atoms with Crippen molar-refractivity contribution in [3.63, 3.8) is 0 Å². The molecule has 1 aliphatic rings. The van der Waals surface area contributed by atoms with Crippen molar-refractivity contribution in [3.05, 3.63) is 28.8 Å². The van der Waals surface area contributed by atoms with Crippen molar-refractivity contribution in [1.29, 1.82) is 0 Å². The number of hydrazine groups is 1. The van der Waals surface area contributed by atoms with Crippen LogP contribution in [0.5, 0.6) is 5.75 Å². The van der Waals surface area contributed by atoms with Crippen molar-refractivity contribution in [2.45, 2.75) is 39.0 Å². The van der Waals surface area contributed by atoms with Crippen LogP contribution in [0.25, 0.3) is 0 Å². The fourth-order valence-corrected chi connectivity index (χ4v) is 2.68. The van der Waals surface area contributed by atoms with E-state index in [9.17, 15) is 9.59 Å². The summed E-state index contributed by atoms with van der Waals surface area (Å²) in [6.45, 7) is 1.70. The molecule has 120 valence electrons. The van der Waals surface area contributed by atoms with Gasteiger partial charge in [-0.15, -0.1) is 0 Å². The van der Waals surface area contributed by atoms with Gasteiger partial charge < -0.3 is 4.74 Å². The van der Waals surface area contributed by atoms with Crippen molar-refractivity contribution in [2.75, 3.05) is 6.61 Å². The Hall–Kier alpha value is -1.75. The van der Waals surface area contributed by atoms with Gasteiger partial charge >= 0.3 is 0 Å². The van der Waals surface area contributed by atoms with E-state index in [2.05, 4.69) is 10.9 Å². The van der Waals surface area contributed by atoms with Gasteiger partial charge in [-0.1, -0.05) is 24.4 Å². The van der Waals surface area contributed by atoms with Gasteiger partial charge in [0.15, 0.2) is 6.61 Å². The van der Waals surface area contributed by atoms with Crippen LogP contribution in [-0.4, -0.2) is 18.4 Å². The molecule has 1 aromatic rings. The Balaban J connectivity index is 1.66. The van der Waals surface area contributed by atoms with Crippen molar-refractivity contribution in [3.8, 4) is 5.75 Å². The Bertz CT molecular complexity index is 542. The summed E-state index contributed by atoms with van der Waals surface area (Å²) in [6.07, 6.45) is 5.05. The Morgan fingerprint density at radius 1 is 1.23 bits per heavy atom. The number of hydrogen-bond donors (Lipinski definition) is 2. The van der Waals surface area contributed by atoms with Gasteiger partial charge in [-0.3, -0.25) is 20.4 Å². The monoisotopic (exact) mass is 324 g/mol. The van der Waals surface area contributed by atoms with Crippen LogP contribution in [-0.2, 0) is 9.59 Å². The highest BCUT2D eigenvalue weighted by Crippen LogP contribution is 2.27. The Morgan fingerprint density at radius 3 is 2.59 bits per heavy atom. The molecule has 0 heterocycles. The molecule has 0 spiro atoms. The molecule has 1 saturated carbocycles. The number of ether oxygens (including phenoxy) is 1. The van der Waals surface area contributed by atoms with Gasteiger partial charge in [0.2, 0.25) is 5.91 Å². The zero-order chi connectivity index (χ0) is 15.9. The predicted octanol–water partition coefficient (Wildman–Crippen LogP) is 2.75. The number of halogens is 1. The quantitative estimate of drug-likeness (QED) is 0.818. The molecule has 0 bridgehead atoms. The molecule has 1 aliphatic carbocycles. The number of nitrogens with one attached hydrogen (secondary N) is 2. The van der Waals surface area contributed by atoms with Crippen LogP contribution >= 0.6 is 11.6 Å². The molecule has 0 aromatic heterocycles. The van der Waals surface area contributed by atoms with E-state index in [-0.39, 0.29) is 12.5 Å². The molecule has 0 saturated heterocycles. The van der Waals surface area contributed by atoms with E-state index in [1.54, 1.807) is 18.2 Å². The van der Waals surface area contributed by atoms with Crippen LogP contribution < -0.4 is 15.6 Å². The maximum Gasteiger partial charge on any atom is 0.276 e. The lowest BCUT2D eigenvalue weighted by molar-refractivity contribution is -0.130. The number of rotatable bonds is 5. The predicted molar refractivity (Wildman–Crippen MR) is 84.5 cm³/mol. The third-order valence-corrected chi connectivity index (χ3v) is 4.21. The summed E-state index contributed by atoms with van der Waals surface area (Å²) in [6, 6.07) is 5.17. The summed E-state index contributed by atoms with van der Waals surface area (Å²) in [7, 11) is 0.